The molecule has 0 saturated carbocycles. The molecule has 2 aromatic heterocycles. The molecule has 5 aromatic rings. The van der Waals surface area contributed by atoms with E-state index in [1.165, 1.54) is 17.8 Å². The molecule has 0 unspecified atom stereocenters. The van der Waals surface area contributed by atoms with Gasteiger partial charge >= 0.3 is 0 Å². The van der Waals surface area contributed by atoms with Crippen LogP contribution in [0.4, 0.5) is 5.69 Å². The van der Waals surface area contributed by atoms with Crippen molar-refractivity contribution < 1.29 is 4.92 Å². The maximum absolute atomic E-state index is 11.7. The van der Waals surface area contributed by atoms with Crippen LogP contribution in [0.15, 0.2) is 73.1 Å². The summed E-state index contributed by atoms with van der Waals surface area (Å²) in [5.74, 6) is 0. The van der Waals surface area contributed by atoms with E-state index in [1.54, 1.807) is 12.3 Å². The van der Waals surface area contributed by atoms with Crippen molar-refractivity contribution in [2.75, 3.05) is 0 Å². The Morgan fingerprint density at radius 2 is 1.69 bits per heavy atom. The number of hydrogen-bond donors (Lipinski definition) is 0. The van der Waals surface area contributed by atoms with E-state index in [2.05, 4.69) is 27.3 Å². The monoisotopic (exact) mass is 441 g/mol. The highest BCUT2D eigenvalue weighted by atomic mass is 35.5. The number of halogens is 1. The zero-order valence-electron chi connectivity index (χ0n) is 16.8. The van der Waals surface area contributed by atoms with Crippen LogP contribution in [0.5, 0.6) is 0 Å². The summed E-state index contributed by atoms with van der Waals surface area (Å²) in [5, 5.41) is 21.1. The third-order valence-corrected chi connectivity index (χ3v) is 5.65. The molecule has 8 heteroatoms. The molecule has 5 rings (SSSR count). The molecule has 7 nitrogen and oxygen atoms in total. The molecule has 2 heterocycles. The van der Waals surface area contributed by atoms with E-state index in [0.717, 1.165) is 12.1 Å². The molecular formula is C24H16ClN5O2. The molecule has 0 N–H and O–H groups in total. The summed E-state index contributed by atoms with van der Waals surface area (Å²) in [6, 6.07) is 18.9. The maximum atomic E-state index is 11.7. The number of benzene rings is 3. The Hall–Kier alpha value is -3.97. The lowest BCUT2D eigenvalue weighted by Gasteiger charge is -2.06. The van der Waals surface area contributed by atoms with Crippen LogP contribution in [-0.2, 0) is 12.8 Å². The summed E-state index contributed by atoms with van der Waals surface area (Å²) in [7, 11) is 0. The van der Waals surface area contributed by atoms with E-state index in [4.69, 9.17) is 16.6 Å². The molecule has 32 heavy (non-hydrogen) atoms. The number of hydrogen-bond acceptors (Lipinski definition) is 6. The van der Waals surface area contributed by atoms with Crippen LogP contribution in [0.25, 0.3) is 33.1 Å². The van der Waals surface area contributed by atoms with E-state index >= 15 is 0 Å². The molecule has 0 amide bonds. The second kappa shape index (κ2) is 8.28. The number of nitrogens with zero attached hydrogens (tertiary/aromatic N) is 5. The first-order valence-electron chi connectivity index (χ1n) is 9.99. The quantitative estimate of drug-likeness (QED) is 0.261. The summed E-state index contributed by atoms with van der Waals surface area (Å²) in [4.78, 5) is 20.8. The van der Waals surface area contributed by atoms with Gasteiger partial charge in [-0.3, -0.25) is 20.1 Å². The topological polar surface area (TPSA) is 94.7 Å². The van der Waals surface area contributed by atoms with E-state index < -0.39 is 4.92 Å². The molecule has 0 saturated heterocycles. The predicted octanol–water partition coefficient (Wildman–Crippen LogP) is 5.59. The van der Waals surface area contributed by atoms with E-state index in [9.17, 15) is 10.1 Å². The van der Waals surface area contributed by atoms with Gasteiger partial charge < -0.3 is 0 Å². The van der Waals surface area contributed by atoms with Gasteiger partial charge in [-0.1, -0.05) is 60.1 Å². The van der Waals surface area contributed by atoms with Crippen LogP contribution in [0.3, 0.4) is 0 Å². The average molecular weight is 442 g/mol. The summed E-state index contributed by atoms with van der Waals surface area (Å²) in [6.07, 6.45) is 4.65. The van der Waals surface area contributed by atoms with Crippen LogP contribution in [0, 0.1) is 10.1 Å². The smallest absolute Gasteiger partial charge is 0.258 e. The van der Waals surface area contributed by atoms with Gasteiger partial charge in [0.15, 0.2) is 5.52 Å². The molecule has 0 radical (unpaired) electrons. The largest absolute Gasteiger partial charge is 0.298 e. The third kappa shape index (κ3) is 3.63. The van der Waals surface area contributed by atoms with E-state index in [0.29, 0.717) is 39.0 Å². The summed E-state index contributed by atoms with van der Waals surface area (Å²) in [5.41, 5.74) is 3.77. The molecule has 0 bridgehead atoms. The normalized spacial score (nSPS) is 11.2. The Bertz CT molecular complexity index is 1470. The van der Waals surface area contributed by atoms with Crippen LogP contribution in [0.1, 0.15) is 11.3 Å². The van der Waals surface area contributed by atoms with Gasteiger partial charge in [-0.05, 0) is 24.5 Å². The Kier molecular flexibility index (Phi) is 5.17. The molecule has 156 valence electrons. The van der Waals surface area contributed by atoms with Crippen molar-refractivity contribution in [3.63, 3.8) is 0 Å². The van der Waals surface area contributed by atoms with Crippen LogP contribution in [0.2, 0.25) is 5.02 Å². The fraction of sp³-hybridized carbons (Fsp3) is 0.0833. The summed E-state index contributed by atoms with van der Waals surface area (Å²) in [6.45, 7) is 0. The average Bonchev–Trinajstić information content (AvgIpc) is 3.22. The van der Waals surface area contributed by atoms with Crippen molar-refractivity contribution in [2.24, 2.45) is 0 Å². The summed E-state index contributed by atoms with van der Waals surface area (Å²) >= 11 is 6.51. The lowest BCUT2D eigenvalue weighted by Crippen LogP contribution is -1.95. The number of nitro benzene ring substituents is 1. The predicted molar refractivity (Wildman–Crippen MR) is 124 cm³/mol. The highest BCUT2D eigenvalue weighted by Gasteiger charge is 2.21. The Labute approximate surface area is 187 Å². The molecule has 0 atom stereocenters. The minimum absolute atomic E-state index is 0.140. The highest BCUT2D eigenvalue weighted by molar-refractivity contribution is 6.33. The third-order valence-electron chi connectivity index (χ3n) is 5.33. The molecule has 0 aliphatic carbocycles. The van der Waals surface area contributed by atoms with Crippen LogP contribution >= 0.6 is 11.6 Å². The van der Waals surface area contributed by atoms with Gasteiger partial charge in [0.2, 0.25) is 0 Å². The standard InChI is InChI=1S/C24H16ClN5O2/c25-20-9-5-4-8-17(20)23-18-12-21(30(31)32)24-19(14-27-29-24)22(18)26-13-16(28-23)11-10-15-6-2-1-3-7-15/h1-9,12-14H,10-11H2. The van der Waals surface area contributed by atoms with Gasteiger partial charge in [0, 0.05) is 28.2 Å². The number of non-ortho nitro benzene ring substituents is 1. The number of nitro groups is 1. The zero-order valence-corrected chi connectivity index (χ0v) is 17.5. The van der Waals surface area contributed by atoms with Crippen molar-refractivity contribution in [3.8, 4) is 11.3 Å². The van der Waals surface area contributed by atoms with Gasteiger partial charge in [-0.25, -0.2) is 0 Å². The lowest BCUT2D eigenvalue weighted by molar-refractivity contribution is -0.383. The minimum Gasteiger partial charge on any atom is -0.258 e. The first-order chi connectivity index (χ1) is 15.6. The van der Waals surface area contributed by atoms with Gasteiger partial charge in [0.05, 0.1) is 33.4 Å². The van der Waals surface area contributed by atoms with Gasteiger partial charge in [-0.15, -0.1) is 5.10 Å². The van der Waals surface area contributed by atoms with Crippen molar-refractivity contribution >= 4 is 39.1 Å². The minimum atomic E-state index is -0.462. The fourth-order valence-corrected chi connectivity index (χ4v) is 3.99. The number of aryl methyl sites for hydroxylation is 2. The number of rotatable bonds is 5. The molecule has 3 aromatic carbocycles. The highest BCUT2D eigenvalue weighted by Crippen LogP contribution is 2.37. The van der Waals surface area contributed by atoms with Crippen LogP contribution < -0.4 is 0 Å². The maximum Gasteiger partial charge on any atom is 0.298 e. The number of fused-ring (bicyclic) bond motifs is 3. The molecule has 0 fully saturated rings. The van der Waals surface area contributed by atoms with Crippen molar-refractivity contribution in [1.82, 2.24) is 20.2 Å². The zero-order chi connectivity index (χ0) is 22.1. The second-order valence-electron chi connectivity index (χ2n) is 7.33. The Morgan fingerprint density at radius 1 is 0.906 bits per heavy atom. The summed E-state index contributed by atoms with van der Waals surface area (Å²) < 4.78 is 0. The Morgan fingerprint density at radius 3 is 2.47 bits per heavy atom. The second-order valence-corrected chi connectivity index (χ2v) is 7.74. The molecule has 0 aliphatic rings. The molecular weight excluding hydrogens is 426 g/mol. The number of aromatic nitrogens is 4. The first kappa shape index (κ1) is 20.0. The molecule has 0 spiro atoms. The van der Waals surface area contributed by atoms with Crippen molar-refractivity contribution in [2.45, 2.75) is 12.8 Å². The van der Waals surface area contributed by atoms with Gasteiger partial charge in [-0.2, -0.15) is 5.10 Å². The first-order valence-corrected chi connectivity index (χ1v) is 10.4. The van der Waals surface area contributed by atoms with E-state index in [-0.39, 0.29) is 11.2 Å². The van der Waals surface area contributed by atoms with Crippen LogP contribution in [-0.4, -0.2) is 25.1 Å². The van der Waals surface area contributed by atoms with Crippen molar-refractivity contribution in [1.29, 1.82) is 0 Å². The molecule has 0 aliphatic heterocycles. The fourth-order valence-electron chi connectivity index (χ4n) is 3.77. The lowest BCUT2D eigenvalue weighted by atomic mass is 10.0. The van der Waals surface area contributed by atoms with Gasteiger partial charge in [0.25, 0.3) is 5.69 Å². The van der Waals surface area contributed by atoms with Gasteiger partial charge in [0.1, 0.15) is 0 Å². The van der Waals surface area contributed by atoms with Crippen molar-refractivity contribution in [3.05, 3.63) is 99.5 Å². The Balaban J connectivity index is 1.78. The van der Waals surface area contributed by atoms with E-state index in [1.807, 2.05) is 36.4 Å². The SMILES string of the molecule is O=[N+]([O-])c1cc2c(-c3ccccc3Cl)nc(CCc3ccccc3)cnc2c2cnnc12.